The molecule has 0 bridgehead atoms. The summed E-state index contributed by atoms with van der Waals surface area (Å²) >= 11 is 5.85. The summed E-state index contributed by atoms with van der Waals surface area (Å²) in [7, 11) is 0. The molecule has 4 nitrogen and oxygen atoms in total. The molecule has 1 unspecified atom stereocenters. The lowest BCUT2D eigenvalue weighted by Gasteiger charge is -2.09. The van der Waals surface area contributed by atoms with Gasteiger partial charge in [0, 0.05) is 11.4 Å². The summed E-state index contributed by atoms with van der Waals surface area (Å²) in [5.74, 6) is -0.174. The van der Waals surface area contributed by atoms with Crippen LogP contribution in [0.1, 0.15) is 5.56 Å². The van der Waals surface area contributed by atoms with E-state index in [9.17, 15) is 4.79 Å². The minimum Gasteiger partial charge on any atom is -0.487 e. The van der Waals surface area contributed by atoms with Gasteiger partial charge >= 0.3 is 5.97 Å². The Morgan fingerprint density at radius 2 is 2.44 bits per heavy atom. The number of aliphatic carboxylic acids is 1. The van der Waals surface area contributed by atoms with Gasteiger partial charge in [0.15, 0.2) is 0 Å². The monoisotopic (exact) mass is 242 g/mol. The molecule has 0 saturated carbocycles. The number of rotatable bonds is 4. The molecule has 2 rings (SSSR count). The average Bonchev–Trinajstić information content (AvgIpc) is 2.58. The third kappa shape index (κ3) is 2.65. The van der Waals surface area contributed by atoms with Crippen molar-refractivity contribution in [3.05, 3.63) is 28.8 Å². The fraction of sp³-hybridized carbons (Fsp3) is 0.364. The summed E-state index contributed by atoms with van der Waals surface area (Å²) in [6, 6.07) is 5.43. The van der Waals surface area contributed by atoms with E-state index in [1.807, 2.05) is 12.1 Å². The highest BCUT2D eigenvalue weighted by Gasteiger charge is 2.23. The predicted molar refractivity (Wildman–Crippen MR) is 58.0 cm³/mol. The van der Waals surface area contributed by atoms with E-state index in [2.05, 4.69) is 0 Å². The van der Waals surface area contributed by atoms with Crippen LogP contribution in [0.2, 0.25) is 5.02 Å². The molecule has 1 aromatic rings. The molecule has 0 fully saturated rings. The lowest BCUT2D eigenvalue weighted by atomic mass is 10.1. The van der Waals surface area contributed by atoms with Gasteiger partial charge in [0.2, 0.25) is 0 Å². The van der Waals surface area contributed by atoms with Crippen LogP contribution in [0.25, 0.3) is 0 Å². The highest BCUT2D eigenvalue weighted by Crippen LogP contribution is 2.30. The van der Waals surface area contributed by atoms with Gasteiger partial charge < -0.3 is 14.6 Å². The van der Waals surface area contributed by atoms with Crippen LogP contribution in [-0.2, 0) is 16.0 Å². The predicted octanol–water partition coefficient (Wildman–Crippen LogP) is 1.74. The highest BCUT2D eigenvalue weighted by atomic mass is 35.5. The van der Waals surface area contributed by atoms with Crippen LogP contribution in [0.4, 0.5) is 0 Å². The lowest BCUT2D eigenvalue weighted by Crippen LogP contribution is -2.22. The normalized spacial score (nSPS) is 17.9. The number of benzene rings is 1. The summed E-state index contributed by atoms with van der Waals surface area (Å²) < 4.78 is 10.6. The fourth-order valence-electron chi connectivity index (χ4n) is 1.66. The van der Waals surface area contributed by atoms with Gasteiger partial charge in [-0.2, -0.15) is 0 Å². The maximum Gasteiger partial charge on any atom is 0.329 e. The lowest BCUT2D eigenvalue weighted by molar-refractivity contribution is -0.142. The minimum absolute atomic E-state index is 0.118. The molecule has 1 atom stereocenters. The molecule has 1 N–H and O–H groups in total. The highest BCUT2D eigenvalue weighted by molar-refractivity contribution is 6.30. The van der Waals surface area contributed by atoms with Crippen LogP contribution in [-0.4, -0.2) is 30.4 Å². The Bertz CT molecular complexity index is 405. The van der Waals surface area contributed by atoms with Crippen molar-refractivity contribution in [1.29, 1.82) is 0 Å². The second-order valence-electron chi connectivity index (χ2n) is 3.60. The summed E-state index contributed by atoms with van der Waals surface area (Å²) in [4.78, 5) is 10.3. The number of hydrogen-bond acceptors (Lipinski definition) is 3. The molecule has 1 aliphatic heterocycles. The maximum atomic E-state index is 10.3. The number of hydrogen-bond donors (Lipinski definition) is 1. The Kier molecular flexibility index (Phi) is 3.31. The van der Waals surface area contributed by atoms with Crippen LogP contribution in [0.5, 0.6) is 5.75 Å². The van der Waals surface area contributed by atoms with Crippen molar-refractivity contribution >= 4 is 17.6 Å². The molecule has 1 heterocycles. The SMILES string of the molecule is O=C(O)COCC1Cc2cc(Cl)ccc2O1. The van der Waals surface area contributed by atoms with Crippen molar-refractivity contribution in [2.75, 3.05) is 13.2 Å². The van der Waals surface area contributed by atoms with Crippen molar-refractivity contribution in [1.82, 2.24) is 0 Å². The molecule has 0 saturated heterocycles. The van der Waals surface area contributed by atoms with Crippen molar-refractivity contribution in [2.45, 2.75) is 12.5 Å². The van der Waals surface area contributed by atoms with Gasteiger partial charge in [-0.15, -0.1) is 0 Å². The van der Waals surface area contributed by atoms with Crippen LogP contribution in [0.3, 0.4) is 0 Å². The third-order valence-corrected chi connectivity index (χ3v) is 2.53. The van der Waals surface area contributed by atoms with Crippen LogP contribution >= 0.6 is 11.6 Å². The Morgan fingerprint density at radius 3 is 3.19 bits per heavy atom. The van der Waals surface area contributed by atoms with Crippen LogP contribution < -0.4 is 4.74 Å². The number of carbonyl (C=O) groups is 1. The zero-order valence-electron chi connectivity index (χ0n) is 8.48. The van der Waals surface area contributed by atoms with Gasteiger partial charge in [-0.05, 0) is 23.8 Å². The first-order valence-electron chi connectivity index (χ1n) is 4.90. The molecular formula is C11H11ClO4. The molecule has 0 spiro atoms. The first-order valence-corrected chi connectivity index (χ1v) is 5.27. The quantitative estimate of drug-likeness (QED) is 0.874. The molecule has 1 aliphatic rings. The molecular weight excluding hydrogens is 232 g/mol. The van der Waals surface area contributed by atoms with Crippen molar-refractivity contribution in [3.63, 3.8) is 0 Å². The topological polar surface area (TPSA) is 55.8 Å². The summed E-state index contributed by atoms with van der Waals surface area (Å²) in [6.45, 7) is -0.0183. The van der Waals surface area contributed by atoms with E-state index in [1.165, 1.54) is 0 Å². The Morgan fingerprint density at radius 1 is 1.62 bits per heavy atom. The standard InChI is InChI=1S/C11H11ClO4/c12-8-1-2-10-7(3-8)4-9(16-10)5-15-6-11(13)14/h1-3,9H,4-6H2,(H,13,14). The van der Waals surface area contributed by atoms with Gasteiger partial charge in [-0.25, -0.2) is 4.79 Å². The second-order valence-corrected chi connectivity index (χ2v) is 4.04. The molecule has 86 valence electrons. The van der Waals surface area contributed by atoms with E-state index in [0.717, 1.165) is 11.3 Å². The Balaban J connectivity index is 1.88. The van der Waals surface area contributed by atoms with E-state index in [4.69, 9.17) is 26.2 Å². The average molecular weight is 243 g/mol. The van der Waals surface area contributed by atoms with E-state index in [-0.39, 0.29) is 19.3 Å². The van der Waals surface area contributed by atoms with Gasteiger partial charge in [-0.3, -0.25) is 0 Å². The number of fused-ring (bicyclic) bond motifs is 1. The van der Waals surface area contributed by atoms with E-state index >= 15 is 0 Å². The number of ether oxygens (including phenoxy) is 2. The zero-order valence-corrected chi connectivity index (χ0v) is 9.24. The van der Waals surface area contributed by atoms with Crippen molar-refractivity contribution in [3.8, 4) is 5.75 Å². The molecule has 1 aromatic carbocycles. The van der Waals surface area contributed by atoms with Crippen molar-refractivity contribution < 1.29 is 19.4 Å². The zero-order chi connectivity index (χ0) is 11.5. The van der Waals surface area contributed by atoms with Gasteiger partial charge in [0.25, 0.3) is 0 Å². The summed E-state index contributed by atoms with van der Waals surface area (Å²) in [5, 5.41) is 9.09. The molecule has 0 aromatic heterocycles. The Hall–Kier alpha value is -1.26. The first kappa shape index (κ1) is 11.2. The van der Waals surface area contributed by atoms with E-state index in [0.29, 0.717) is 11.4 Å². The maximum absolute atomic E-state index is 10.3. The fourth-order valence-corrected chi connectivity index (χ4v) is 1.85. The van der Waals surface area contributed by atoms with Gasteiger partial charge in [-0.1, -0.05) is 11.6 Å². The number of carboxylic acids is 1. The van der Waals surface area contributed by atoms with Gasteiger partial charge in [0.1, 0.15) is 18.5 Å². The number of halogens is 1. The molecule has 5 heteroatoms. The van der Waals surface area contributed by atoms with Crippen molar-refractivity contribution in [2.24, 2.45) is 0 Å². The summed E-state index contributed by atoms with van der Waals surface area (Å²) in [6.07, 6.45) is 0.586. The Labute approximate surface area is 97.7 Å². The second kappa shape index (κ2) is 4.72. The van der Waals surface area contributed by atoms with Crippen LogP contribution in [0, 0.1) is 0 Å². The number of carboxylic acid groups (broad SMARTS) is 1. The molecule has 0 amide bonds. The molecule has 0 radical (unpaired) electrons. The van der Waals surface area contributed by atoms with E-state index < -0.39 is 5.97 Å². The third-order valence-electron chi connectivity index (χ3n) is 2.29. The van der Waals surface area contributed by atoms with Gasteiger partial charge in [0.05, 0.1) is 6.61 Å². The van der Waals surface area contributed by atoms with Crippen LogP contribution in [0.15, 0.2) is 18.2 Å². The first-order chi connectivity index (χ1) is 7.65. The molecule has 0 aliphatic carbocycles. The smallest absolute Gasteiger partial charge is 0.329 e. The largest absolute Gasteiger partial charge is 0.487 e. The minimum atomic E-state index is -0.974. The van der Waals surface area contributed by atoms with E-state index in [1.54, 1.807) is 6.07 Å². The molecule has 16 heavy (non-hydrogen) atoms. The summed E-state index contributed by atoms with van der Waals surface area (Å²) in [5.41, 5.74) is 1.04.